The smallest absolute Gasteiger partial charge is 0.309 e. The van der Waals surface area contributed by atoms with E-state index in [9.17, 15) is 9.18 Å². The molecule has 2 atom stereocenters. The third-order valence-electron chi connectivity index (χ3n) is 3.42. The Balaban J connectivity index is 2.79. The number of rotatable bonds is 3. The monoisotopic (exact) mass is 188 g/mol. The molecule has 0 amide bonds. The van der Waals surface area contributed by atoms with Crippen LogP contribution in [0, 0.1) is 11.3 Å². The van der Waals surface area contributed by atoms with Crippen molar-refractivity contribution in [2.45, 2.75) is 39.0 Å². The summed E-state index contributed by atoms with van der Waals surface area (Å²) in [5.41, 5.74) is -0.771. The van der Waals surface area contributed by atoms with Crippen LogP contribution in [0.5, 0.6) is 0 Å². The molecule has 0 radical (unpaired) electrons. The molecule has 2 unspecified atom stereocenters. The van der Waals surface area contributed by atoms with E-state index in [1.165, 1.54) is 0 Å². The number of carboxylic acid groups (broad SMARTS) is 1. The van der Waals surface area contributed by atoms with Crippen LogP contribution in [0.2, 0.25) is 0 Å². The van der Waals surface area contributed by atoms with Gasteiger partial charge in [-0.25, -0.2) is 0 Å². The number of aliphatic carboxylic acids is 1. The van der Waals surface area contributed by atoms with Crippen LogP contribution in [0.4, 0.5) is 4.39 Å². The van der Waals surface area contributed by atoms with Gasteiger partial charge in [-0.2, -0.15) is 0 Å². The molecule has 0 spiro atoms. The third-order valence-corrected chi connectivity index (χ3v) is 3.42. The number of alkyl halides is 1. The Hall–Kier alpha value is -0.600. The summed E-state index contributed by atoms with van der Waals surface area (Å²) in [6, 6.07) is 0. The van der Waals surface area contributed by atoms with Gasteiger partial charge in [0.05, 0.1) is 12.1 Å². The normalized spacial score (nSPS) is 34.5. The lowest BCUT2D eigenvalue weighted by Gasteiger charge is -2.38. The Morgan fingerprint density at radius 2 is 2.31 bits per heavy atom. The minimum Gasteiger partial charge on any atom is -0.481 e. The minimum atomic E-state index is -0.808. The molecule has 13 heavy (non-hydrogen) atoms. The van der Waals surface area contributed by atoms with E-state index < -0.39 is 18.1 Å². The molecule has 1 rings (SSSR count). The average molecular weight is 188 g/mol. The molecule has 1 aliphatic carbocycles. The highest BCUT2D eigenvalue weighted by atomic mass is 19.1. The maximum atomic E-state index is 12.3. The van der Waals surface area contributed by atoms with Crippen LogP contribution >= 0.6 is 0 Å². The molecule has 1 aliphatic rings. The number of halogens is 1. The maximum absolute atomic E-state index is 12.3. The van der Waals surface area contributed by atoms with E-state index in [0.717, 1.165) is 19.3 Å². The van der Waals surface area contributed by atoms with E-state index in [-0.39, 0.29) is 12.3 Å². The summed E-state index contributed by atoms with van der Waals surface area (Å²) in [5.74, 6) is -0.688. The highest BCUT2D eigenvalue weighted by molar-refractivity contribution is 5.75. The molecule has 0 aliphatic heterocycles. The first-order valence-electron chi connectivity index (χ1n) is 4.93. The predicted molar refractivity (Wildman–Crippen MR) is 48.3 cm³/mol. The van der Waals surface area contributed by atoms with Gasteiger partial charge >= 0.3 is 5.97 Å². The van der Waals surface area contributed by atoms with E-state index in [0.29, 0.717) is 6.42 Å². The Morgan fingerprint density at radius 1 is 1.62 bits per heavy atom. The molecule has 76 valence electrons. The molecule has 0 aromatic heterocycles. The van der Waals surface area contributed by atoms with Gasteiger partial charge in [0.2, 0.25) is 0 Å². The second kappa shape index (κ2) is 4.07. The summed E-state index contributed by atoms with van der Waals surface area (Å²) in [7, 11) is 0. The van der Waals surface area contributed by atoms with Crippen LogP contribution in [0.1, 0.15) is 39.0 Å². The summed E-state index contributed by atoms with van der Waals surface area (Å²) < 4.78 is 12.3. The zero-order valence-electron chi connectivity index (χ0n) is 8.05. The van der Waals surface area contributed by atoms with Gasteiger partial charge in [-0.1, -0.05) is 19.8 Å². The molecular weight excluding hydrogens is 171 g/mol. The Bertz CT molecular complexity index is 189. The summed E-state index contributed by atoms with van der Waals surface area (Å²) in [5, 5.41) is 9.12. The van der Waals surface area contributed by atoms with Gasteiger partial charge < -0.3 is 5.11 Å². The van der Waals surface area contributed by atoms with Crippen LogP contribution in [-0.4, -0.2) is 17.8 Å². The molecule has 2 nitrogen and oxygen atoms in total. The van der Waals surface area contributed by atoms with Crippen molar-refractivity contribution in [3.05, 3.63) is 0 Å². The number of carbonyl (C=O) groups is 1. The molecule has 0 aromatic carbocycles. The SMILES string of the molecule is CC1CCCCC1(CCF)C(=O)O. The molecule has 0 aromatic rings. The molecule has 0 bridgehead atoms. The Morgan fingerprint density at radius 3 is 2.77 bits per heavy atom. The van der Waals surface area contributed by atoms with E-state index in [2.05, 4.69) is 0 Å². The van der Waals surface area contributed by atoms with Crippen LogP contribution in [0.15, 0.2) is 0 Å². The van der Waals surface area contributed by atoms with Gasteiger partial charge in [-0.05, 0) is 25.2 Å². The summed E-state index contributed by atoms with van der Waals surface area (Å²) in [6.07, 6.45) is 3.77. The van der Waals surface area contributed by atoms with Gasteiger partial charge in [-0.3, -0.25) is 9.18 Å². The van der Waals surface area contributed by atoms with Crippen molar-refractivity contribution < 1.29 is 14.3 Å². The number of hydrogen-bond acceptors (Lipinski definition) is 1. The van der Waals surface area contributed by atoms with Gasteiger partial charge in [0, 0.05) is 0 Å². The lowest BCUT2D eigenvalue weighted by Crippen LogP contribution is -2.40. The Labute approximate surface area is 78.1 Å². The van der Waals surface area contributed by atoms with Crippen LogP contribution < -0.4 is 0 Å². The third kappa shape index (κ3) is 1.84. The van der Waals surface area contributed by atoms with Crippen molar-refractivity contribution in [1.82, 2.24) is 0 Å². The fourth-order valence-corrected chi connectivity index (χ4v) is 2.38. The van der Waals surface area contributed by atoms with E-state index >= 15 is 0 Å². The predicted octanol–water partition coefficient (Wildman–Crippen LogP) is 2.63. The van der Waals surface area contributed by atoms with Crippen molar-refractivity contribution in [2.24, 2.45) is 11.3 Å². The van der Waals surface area contributed by atoms with Crippen molar-refractivity contribution >= 4 is 5.97 Å². The molecule has 1 N–H and O–H groups in total. The molecule has 0 heterocycles. The van der Waals surface area contributed by atoms with E-state index in [4.69, 9.17) is 5.11 Å². The zero-order chi connectivity index (χ0) is 9.90. The minimum absolute atomic E-state index is 0.120. The van der Waals surface area contributed by atoms with Crippen molar-refractivity contribution in [2.75, 3.05) is 6.67 Å². The lowest BCUT2D eigenvalue weighted by atomic mass is 9.65. The van der Waals surface area contributed by atoms with Gasteiger partial charge in [0.1, 0.15) is 0 Å². The number of carboxylic acids is 1. The van der Waals surface area contributed by atoms with Crippen LogP contribution in [0.3, 0.4) is 0 Å². The number of hydrogen-bond donors (Lipinski definition) is 1. The summed E-state index contributed by atoms with van der Waals surface area (Å²) >= 11 is 0. The second-order valence-corrected chi connectivity index (χ2v) is 4.05. The average Bonchev–Trinajstić information content (AvgIpc) is 2.09. The summed E-state index contributed by atoms with van der Waals surface area (Å²) in [4.78, 5) is 11.1. The van der Waals surface area contributed by atoms with E-state index in [1.54, 1.807) is 0 Å². The van der Waals surface area contributed by atoms with Crippen molar-refractivity contribution in [1.29, 1.82) is 0 Å². The van der Waals surface area contributed by atoms with E-state index in [1.807, 2.05) is 6.92 Å². The maximum Gasteiger partial charge on any atom is 0.309 e. The topological polar surface area (TPSA) is 37.3 Å². The van der Waals surface area contributed by atoms with Gasteiger partial charge in [-0.15, -0.1) is 0 Å². The van der Waals surface area contributed by atoms with Crippen LogP contribution in [-0.2, 0) is 4.79 Å². The zero-order valence-corrected chi connectivity index (χ0v) is 8.05. The Kier molecular flexibility index (Phi) is 3.28. The first kappa shape index (κ1) is 10.5. The van der Waals surface area contributed by atoms with Gasteiger partial charge in [0.25, 0.3) is 0 Å². The molecular formula is C10H17FO2. The highest BCUT2D eigenvalue weighted by Crippen LogP contribution is 2.44. The highest BCUT2D eigenvalue weighted by Gasteiger charge is 2.44. The van der Waals surface area contributed by atoms with Crippen molar-refractivity contribution in [3.63, 3.8) is 0 Å². The largest absolute Gasteiger partial charge is 0.481 e. The molecule has 0 saturated heterocycles. The summed E-state index contributed by atoms with van der Waals surface area (Å²) in [6.45, 7) is 1.42. The molecule has 1 fully saturated rings. The molecule has 1 saturated carbocycles. The van der Waals surface area contributed by atoms with Crippen molar-refractivity contribution in [3.8, 4) is 0 Å². The fraction of sp³-hybridized carbons (Fsp3) is 0.900. The standard InChI is InChI=1S/C10H17FO2/c1-8-4-2-3-5-10(8,6-7-11)9(12)13/h8H,2-7H2,1H3,(H,12,13). The van der Waals surface area contributed by atoms with Crippen LogP contribution in [0.25, 0.3) is 0 Å². The fourth-order valence-electron chi connectivity index (χ4n) is 2.38. The first-order valence-corrected chi connectivity index (χ1v) is 4.93. The second-order valence-electron chi connectivity index (χ2n) is 4.05. The lowest BCUT2D eigenvalue weighted by molar-refractivity contribution is -0.155. The quantitative estimate of drug-likeness (QED) is 0.739. The molecule has 3 heteroatoms. The van der Waals surface area contributed by atoms with Gasteiger partial charge in [0.15, 0.2) is 0 Å². The first-order chi connectivity index (χ1) is 6.13.